The maximum atomic E-state index is 6.46. The third-order valence-corrected chi connectivity index (χ3v) is 4.77. The Hall–Kier alpha value is -0.900. The molecule has 1 heterocycles. The molecule has 1 unspecified atom stereocenters. The van der Waals surface area contributed by atoms with Crippen LogP contribution in [0.2, 0.25) is 0 Å². The van der Waals surface area contributed by atoms with Crippen LogP contribution < -0.4 is 5.73 Å². The van der Waals surface area contributed by atoms with Crippen LogP contribution in [0.15, 0.2) is 4.52 Å². The van der Waals surface area contributed by atoms with Gasteiger partial charge in [-0.1, -0.05) is 19.0 Å². The molecule has 1 aromatic rings. The van der Waals surface area contributed by atoms with Crippen molar-refractivity contribution in [3.8, 4) is 0 Å². The molecule has 4 nitrogen and oxygen atoms in total. The van der Waals surface area contributed by atoms with E-state index in [4.69, 9.17) is 10.3 Å². The summed E-state index contributed by atoms with van der Waals surface area (Å²) in [6.07, 6.45) is 6.88. The molecular formula is C14H23N3O. The van der Waals surface area contributed by atoms with Gasteiger partial charge in [-0.2, -0.15) is 4.98 Å². The molecule has 0 radical (unpaired) electrons. The van der Waals surface area contributed by atoms with Gasteiger partial charge >= 0.3 is 0 Å². The SMILES string of the molecule is CC1CCC(N)(c2noc(C(C)C3CC3)n2)CC1. The first-order valence-corrected chi connectivity index (χ1v) is 7.21. The van der Waals surface area contributed by atoms with E-state index in [1.54, 1.807) is 0 Å². The topological polar surface area (TPSA) is 64.9 Å². The summed E-state index contributed by atoms with van der Waals surface area (Å²) in [5.74, 6) is 3.45. The summed E-state index contributed by atoms with van der Waals surface area (Å²) in [6, 6.07) is 0. The molecule has 0 amide bonds. The zero-order valence-corrected chi connectivity index (χ0v) is 11.4. The van der Waals surface area contributed by atoms with Gasteiger partial charge in [0.1, 0.15) is 0 Å². The second-order valence-corrected chi connectivity index (χ2v) is 6.42. The minimum atomic E-state index is -0.350. The highest BCUT2D eigenvalue weighted by molar-refractivity contribution is 5.08. The lowest BCUT2D eigenvalue weighted by Gasteiger charge is -2.33. The third-order valence-electron chi connectivity index (χ3n) is 4.77. The van der Waals surface area contributed by atoms with E-state index in [-0.39, 0.29) is 5.54 Å². The van der Waals surface area contributed by atoms with E-state index < -0.39 is 0 Å². The maximum Gasteiger partial charge on any atom is 0.229 e. The van der Waals surface area contributed by atoms with E-state index in [2.05, 4.69) is 24.0 Å². The Morgan fingerprint density at radius 1 is 1.28 bits per heavy atom. The first-order valence-electron chi connectivity index (χ1n) is 7.21. The quantitative estimate of drug-likeness (QED) is 0.894. The Morgan fingerprint density at radius 2 is 1.94 bits per heavy atom. The van der Waals surface area contributed by atoms with Crippen molar-refractivity contribution in [1.82, 2.24) is 10.1 Å². The molecule has 0 aliphatic heterocycles. The van der Waals surface area contributed by atoms with Crippen LogP contribution >= 0.6 is 0 Å². The number of rotatable bonds is 3. The first kappa shape index (κ1) is 12.2. The normalized spacial score (nSPS) is 34.5. The molecule has 1 aromatic heterocycles. The van der Waals surface area contributed by atoms with Crippen LogP contribution in [-0.2, 0) is 5.54 Å². The number of hydrogen-bond donors (Lipinski definition) is 1. The lowest BCUT2D eigenvalue weighted by molar-refractivity contribution is 0.229. The average Bonchev–Trinajstić information content (AvgIpc) is 3.09. The van der Waals surface area contributed by atoms with Crippen molar-refractivity contribution in [2.45, 2.75) is 63.8 Å². The van der Waals surface area contributed by atoms with Gasteiger partial charge in [-0.3, -0.25) is 0 Å². The van der Waals surface area contributed by atoms with E-state index in [1.165, 1.54) is 25.7 Å². The van der Waals surface area contributed by atoms with E-state index in [0.717, 1.165) is 36.4 Å². The zero-order valence-electron chi connectivity index (χ0n) is 11.4. The predicted molar refractivity (Wildman–Crippen MR) is 68.9 cm³/mol. The van der Waals surface area contributed by atoms with Gasteiger partial charge in [0, 0.05) is 5.92 Å². The van der Waals surface area contributed by atoms with Gasteiger partial charge < -0.3 is 10.3 Å². The predicted octanol–water partition coefficient (Wildman–Crippen LogP) is 2.95. The molecule has 0 aromatic carbocycles. The number of nitrogens with two attached hydrogens (primary N) is 1. The highest BCUT2D eigenvalue weighted by Gasteiger charge is 2.38. The molecule has 4 heteroatoms. The van der Waals surface area contributed by atoms with E-state index in [0.29, 0.717) is 5.92 Å². The minimum Gasteiger partial charge on any atom is -0.339 e. The number of hydrogen-bond acceptors (Lipinski definition) is 4. The van der Waals surface area contributed by atoms with Crippen LogP contribution in [0.3, 0.4) is 0 Å². The molecular weight excluding hydrogens is 226 g/mol. The molecule has 0 spiro atoms. The Kier molecular flexibility index (Phi) is 2.93. The van der Waals surface area contributed by atoms with Gasteiger partial charge in [-0.05, 0) is 50.4 Å². The molecule has 0 bridgehead atoms. The molecule has 3 rings (SSSR count). The van der Waals surface area contributed by atoms with Crippen molar-refractivity contribution in [3.63, 3.8) is 0 Å². The second kappa shape index (κ2) is 4.34. The fourth-order valence-electron chi connectivity index (χ4n) is 2.92. The summed E-state index contributed by atoms with van der Waals surface area (Å²) < 4.78 is 5.43. The van der Waals surface area contributed by atoms with Crippen LogP contribution in [0.25, 0.3) is 0 Å². The lowest BCUT2D eigenvalue weighted by Crippen LogP contribution is -2.41. The van der Waals surface area contributed by atoms with Crippen molar-refractivity contribution in [2.75, 3.05) is 0 Å². The van der Waals surface area contributed by atoms with Crippen LogP contribution in [0.1, 0.15) is 70.0 Å². The number of nitrogens with zero attached hydrogens (tertiary/aromatic N) is 2. The summed E-state index contributed by atoms with van der Waals surface area (Å²) in [7, 11) is 0. The molecule has 18 heavy (non-hydrogen) atoms. The van der Waals surface area contributed by atoms with Crippen molar-refractivity contribution >= 4 is 0 Å². The summed E-state index contributed by atoms with van der Waals surface area (Å²) in [6.45, 7) is 4.47. The molecule has 2 N–H and O–H groups in total. The van der Waals surface area contributed by atoms with Gasteiger partial charge in [-0.25, -0.2) is 0 Å². The zero-order chi connectivity index (χ0) is 12.8. The van der Waals surface area contributed by atoms with Crippen LogP contribution in [0.4, 0.5) is 0 Å². The fraction of sp³-hybridized carbons (Fsp3) is 0.857. The monoisotopic (exact) mass is 249 g/mol. The van der Waals surface area contributed by atoms with Crippen molar-refractivity contribution in [2.24, 2.45) is 17.6 Å². The molecule has 0 saturated heterocycles. The van der Waals surface area contributed by atoms with Gasteiger partial charge in [0.05, 0.1) is 5.54 Å². The highest BCUT2D eigenvalue weighted by Crippen LogP contribution is 2.42. The summed E-state index contributed by atoms with van der Waals surface area (Å²) in [5.41, 5.74) is 6.11. The van der Waals surface area contributed by atoms with Gasteiger partial charge in [0.15, 0.2) is 5.82 Å². The largest absolute Gasteiger partial charge is 0.339 e. The fourth-order valence-corrected chi connectivity index (χ4v) is 2.92. The smallest absolute Gasteiger partial charge is 0.229 e. The Morgan fingerprint density at radius 3 is 2.56 bits per heavy atom. The van der Waals surface area contributed by atoms with Gasteiger partial charge in [0.2, 0.25) is 5.89 Å². The standard InChI is InChI=1S/C14H23N3O/c1-9-5-7-14(15,8-6-9)13-16-12(18-17-13)10(2)11-3-4-11/h9-11H,3-8,15H2,1-2H3. The van der Waals surface area contributed by atoms with Crippen molar-refractivity contribution < 1.29 is 4.52 Å². The molecule has 2 aliphatic rings. The summed E-state index contributed by atoms with van der Waals surface area (Å²) in [5, 5.41) is 4.16. The maximum absolute atomic E-state index is 6.46. The van der Waals surface area contributed by atoms with Gasteiger partial charge in [0.25, 0.3) is 0 Å². The second-order valence-electron chi connectivity index (χ2n) is 6.42. The highest BCUT2D eigenvalue weighted by atomic mass is 16.5. The molecule has 1 atom stereocenters. The summed E-state index contributed by atoms with van der Waals surface area (Å²) in [4.78, 5) is 4.59. The lowest BCUT2D eigenvalue weighted by atomic mass is 9.77. The first-order chi connectivity index (χ1) is 8.58. The van der Waals surface area contributed by atoms with Crippen LogP contribution in [0.5, 0.6) is 0 Å². The summed E-state index contributed by atoms with van der Waals surface area (Å²) >= 11 is 0. The van der Waals surface area contributed by atoms with Crippen molar-refractivity contribution in [1.29, 1.82) is 0 Å². The Labute approximate surface area is 108 Å². The molecule has 2 aliphatic carbocycles. The molecule has 2 fully saturated rings. The van der Waals surface area contributed by atoms with E-state index in [9.17, 15) is 0 Å². The average molecular weight is 249 g/mol. The molecule has 2 saturated carbocycles. The Bertz CT molecular complexity index is 416. The van der Waals surface area contributed by atoms with Gasteiger partial charge in [-0.15, -0.1) is 0 Å². The van der Waals surface area contributed by atoms with Crippen LogP contribution in [-0.4, -0.2) is 10.1 Å². The minimum absolute atomic E-state index is 0.350. The Balaban J connectivity index is 1.75. The number of aromatic nitrogens is 2. The molecule has 100 valence electrons. The third kappa shape index (κ3) is 2.18. The van der Waals surface area contributed by atoms with Crippen molar-refractivity contribution in [3.05, 3.63) is 11.7 Å². The van der Waals surface area contributed by atoms with Crippen LogP contribution in [0, 0.1) is 11.8 Å². The van der Waals surface area contributed by atoms with E-state index in [1.807, 2.05) is 0 Å². The van der Waals surface area contributed by atoms with E-state index >= 15 is 0 Å².